The molecule has 1 aliphatic rings. The topological polar surface area (TPSA) is 29.0 Å². The highest BCUT2D eigenvalue weighted by Gasteiger charge is 2.28. The van der Waals surface area contributed by atoms with Crippen LogP contribution in [0.15, 0.2) is 6.07 Å². The molecular weight excluding hydrogens is 234 g/mol. The fraction of sp³-hybridized carbons (Fsp3) is 0.692. The lowest BCUT2D eigenvalue weighted by molar-refractivity contribution is 0.658. The van der Waals surface area contributed by atoms with Crippen LogP contribution in [0.2, 0.25) is 5.15 Å². The molecule has 1 heterocycles. The SMILES string of the molecule is CCCN(c1cc(Cl)nc(C2CC2)n1)C(C)C. The van der Waals surface area contributed by atoms with E-state index < -0.39 is 0 Å². The molecule has 0 spiro atoms. The Labute approximate surface area is 108 Å². The lowest BCUT2D eigenvalue weighted by atomic mass is 10.3. The van der Waals surface area contributed by atoms with E-state index in [1.165, 1.54) is 12.8 Å². The molecule has 4 heteroatoms. The first kappa shape index (κ1) is 12.6. The van der Waals surface area contributed by atoms with Crippen LogP contribution < -0.4 is 4.90 Å². The second kappa shape index (κ2) is 5.21. The summed E-state index contributed by atoms with van der Waals surface area (Å²) in [6, 6.07) is 2.32. The maximum absolute atomic E-state index is 6.09. The lowest BCUT2D eigenvalue weighted by Gasteiger charge is -2.27. The predicted molar refractivity (Wildman–Crippen MR) is 71.8 cm³/mol. The maximum atomic E-state index is 6.09. The van der Waals surface area contributed by atoms with Crippen LogP contribution in [-0.4, -0.2) is 22.6 Å². The molecule has 1 aromatic rings. The molecule has 0 aromatic carbocycles. The first-order chi connectivity index (χ1) is 8.11. The second-order valence-corrected chi connectivity index (χ2v) is 5.36. The van der Waals surface area contributed by atoms with Gasteiger partial charge in [-0.15, -0.1) is 0 Å². The average Bonchev–Trinajstić information content (AvgIpc) is 3.08. The van der Waals surface area contributed by atoms with E-state index in [-0.39, 0.29) is 0 Å². The minimum Gasteiger partial charge on any atom is -0.354 e. The molecule has 0 radical (unpaired) electrons. The zero-order valence-electron chi connectivity index (χ0n) is 10.8. The van der Waals surface area contributed by atoms with E-state index in [1.807, 2.05) is 6.07 Å². The Hall–Kier alpha value is -0.830. The standard InChI is InChI=1S/C13H20ClN3/c1-4-7-17(9(2)3)12-8-11(14)15-13(16-12)10-5-6-10/h8-10H,4-7H2,1-3H3. The van der Waals surface area contributed by atoms with Gasteiger partial charge in [0.05, 0.1) is 0 Å². The second-order valence-electron chi connectivity index (χ2n) is 4.97. The third-order valence-corrected chi connectivity index (χ3v) is 3.22. The number of rotatable bonds is 5. The van der Waals surface area contributed by atoms with Crippen LogP contribution in [-0.2, 0) is 0 Å². The molecule has 1 aromatic heterocycles. The van der Waals surface area contributed by atoms with Crippen molar-refractivity contribution in [2.24, 2.45) is 0 Å². The van der Waals surface area contributed by atoms with E-state index >= 15 is 0 Å². The van der Waals surface area contributed by atoms with E-state index in [9.17, 15) is 0 Å². The molecule has 0 bridgehead atoms. The van der Waals surface area contributed by atoms with Gasteiger partial charge in [0.25, 0.3) is 0 Å². The largest absolute Gasteiger partial charge is 0.354 e. The van der Waals surface area contributed by atoms with E-state index in [0.29, 0.717) is 17.1 Å². The lowest BCUT2D eigenvalue weighted by Crippen LogP contribution is -2.32. The number of hydrogen-bond acceptors (Lipinski definition) is 3. The summed E-state index contributed by atoms with van der Waals surface area (Å²) in [5.74, 6) is 2.45. The van der Waals surface area contributed by atoms with Gasteiger partial charge in [0, 0.05) is 24.6 Å². The van der Waals surface area contributed by atoms with E-state index in [2.05, 4.69) is 35.6 Å². The Balaban J connectivity index is 2.28. The van der Waals surface area contributed by atoms with Crippen LogP contribution in [0.4, 0.5) is 5.82 Å². The van der Waals surface area contributed by atoms with Crippen molar-refractivity contribution in [2.45, 2.75) is 52.0 Å². The zero-order chi connectivity index (χ0) is 12.4. The Morgan fingerprint density at radius 3 is 2.65 bits per heavy atom. The molecule has 0 amide bonds. The van der Waals surface area contributed by atoms with Gasteiger partial charge in [0.15, 0.2) is 0 Å². The minimum absolute atomic E-state index is 0.438. The first-order valence-electron chi connectivity index (χ1n) is 6.43. The van der Waals surface area contributed by atoms with Gasteiger partial charge in [-0.3, -0.25) is 0 Å². The Kier molecular flexibility index (Phi) is 3.87. The molecule has 0 saturated heterocycles. The minimum atomic E-state index is 0.438. The van der Waals surface area contributed by atoms with Crippen LogP contribution >= 0.6 is 11.6 Å². The van der Waals surface area contributed by atoms with Crippen molar-refractivity contribution in [3.8, 4) is 0 Å². The van der Waals surface area contributed by atoms with Gasteiger partial charge in [-0.1, -0.05) is 18.5 Å². The number of anilines is 1. The number of halogens is 1. The molecule has 3 nitrogen and oxygen atoms in total. The van der Waals surface area contributed by atoms with Gasteiger partial charge in [0.1, 0.15) is 16.8 Å². The summed E-state index contributed by atoms with van der Waals surface area (Å²) >= 11 is 6.09. The molecule has 1 fully saturated rings. The summed E-state index contributed by atoms with van der Waals surface area (Å²) in [6.07, 6.45) is 3.52. The van der Waals surface area contributed by atoms with Crippen molar-refractivity contribution in [2.75, 3.05) is 11.4 Å². The summed E-state index contributed by atoms with van der Waals surface area (Å²) in [7, 11) is 0. The van der Waals surface area contributed by atoms with Crippen molar-refractivity contribution in [3.05, 3.63) is 17.0 Å². The fourth-order valence-electron chi connectivity index (χ4n) is 1.97. The number of aromatic nitrogens is 2. The normalized spacial score (nSPS) is 15.4. The van der Waals surface area contributed by atoms with Gasteiger partial charge in [0.2, 0.25) is 0 Å². The van der Waals surface area contributed by atoms with Crippen molar-refractivity contribution in [1.29, 1.82) is 0 Å². The quantitative estimate of drug-likeness (QED) is 0.751. The molecule has 17 heavy (non-hydrogen) atoms. The van der Waals surface area contributed by atoms with Crippen molar-refractivity contribution < 1.29 is 0 Å². The van der Waals surface area contributed by atoms with Gasteiger partial charge < -0.3 is 4.90 Å². The highest BCUT2D eigenvalue weighted by Crippen LogP contribution is 2.39. The predicted octanol–water partition coefficient (Wildman–Crippen LogP) is 3.63. The molecule has 0 N–H and O–H groups in total. The molecule has 0 atom stereocenters. The molecular formula is C13H20ClN3. The van der Waals surface area contributed by atoms with Gasteiger partial charge >= 0.3 is 0 Å². The van der Waals surface area contributed by atoms with Crippen LogP contribution in [0, 0.1) is 0 Å². The van der Waals surface area contributed by atoms with E-state index in [4.69, 9.17) is 11.6 Å². The van der Waals surface area contributed by atoms with Crippen molar-refractivity contribution >= 4 is 17.4 Å². The third-order valence-electron chi connectivity index (χ3n) is 3.02. The monoisotopic (exact) mass is 253 g/mol. The molecule has 0 aliphatic heterocycles. The maximum Gasteiger partial charge on any atom is 0.135 e. The van der Waals surface area contributed by atoms with Crippen LogP contribution in [0.3, 0.4) is 0 Å². The Bertz CT molecular complexity index is 388. The summed E-state index contributed by atoms with van der Waals surface area (Å²) in [5.41, 5.74) is 0. The van der Waals surface area contributed by atoms with Crippen LogP contribution in [0.5, 0.6) is 0 Å². The Morgan fingerprint density at radius 1 is 1.41 bits per heavy atom. The van der Waals surface area contributed by atoms with Crippen LogP contribution in [0.25, 0.3) is 0 Å². The average molecular weight is 254 g/mol. The van der Waals surface area contributed by atoms with Gasteiger partial charge in [-0.25, -0.2) is 9.97 Å². The molecule has 1 aliphatic carbocycles. The molecule has 1 saturated carbocycles. The van der Waals surface area contributed by atoms with E-state index in [1.54, 1.807) is 0 Å². The number of hydrogen-bond donors (Lipinski definition) is 0. The summed E-state index contributed by atoms with van der Waals surface area (Å²) in [4.78, 5) is 11.3. The van der Waals surface area contributed by atoms with Gasteiger partial charge in [-0.05, 0) is 33.1 Å². The van der Waals surface area contributed by atoms with E-state index in [0.717, 1.165) is 24.6 Å². The summed E-state index contributed by atoms with van der Waals surface area (Å²) in [6.45, 7) is 7.56. The zero-order valence-corrected chi connectivity index (χ0v) is 11.5. The summed E-state index contributed by atoms with van der Waals surface area (Å²) < 4.78 is 0. The third kappa shape index (κ3) is 3.09. The Morgan fingerprint density at radius 2 is 2.12 bits per heavy atom. The molecule has 94 valence electrons. The van der Waals surface area contributed by atoms with Crippen molar-refractivity contribution in [1.82, 2.24) is 9.97 Å². The first-order valence-corrected chi connectivity index (χ1v) is 6.80. The van der Waals surface area contributed by atoms with Crippen molar-refractivity contribution in [3.63, 3.8) is 0 Å². The highest BCUT2D eigenvalue weighted by atomic mass is 35.5. The molecule has 2 rings (SSSR count). The summed E-state index contributed by atoms with van der Waals surface area (Å²) in [5, 5.41) is 0.568. The highest BCUT2D eigenvalue weighted by molar-refractivity contribution is 6.29. The number of nitrogens with zero attached hydrogens (tertiary/aromatic N) is 3. The fourth-order valence-corrected chi connectivity index (χ4v) is 2.16. The molecule has 0 unspecified atom stereocenters. The van der Waals surface area contributed by atoms with Crippen LogP contribution in [0.1, 0.15) is 51.8 Å². The van der Waals surface area contributed by atoms with Gasteiger partial charge in [-0.2, -0.15) is 0 Å². The smallest absolute Gasteiger partial charge is 0.135 e.